The van der Waals surface area contributed by atoms with Gasteiger partial charge in [-0.25, -0.2) is 0 Å². The Balaban J connectivity index is 1.69. The minimum Gasteiger partial charge on any atom is -0.469 e. The summed E-state index contributed by atoms with van der Waals surface area (Å²) in [6.07, 6.45) is 5.71. The lowest BCUT2D eigenvalue weighted by Crippen LogP contribution is -2.66. The molecule has 3 fully saturated rings. The number of carbonyl (C=O) groups excluding carboxylic acids is 1. The molecule has 1 spiro atoms. The molecular weight excluding hydrogens is 332 g/mol. The van der Waals surface area contributed by atoms with Gasteiger partial charge in [0.2, 0.25) is 0 Å². The first-order chi connectivity index (χ1) is 12.5. The predicted octanol–water partition coefficient (Wildman–Crippen LogP) is 3.57. The van der Waals surface area contributed by atoms with Gasteiger partial charge in [-0.3, -0.25) is 4.79 Å². The number of aliphatic hydroxyl groups is 1. The Kier molecular flexibility index (Phi) is 3.46. The SMILES string of the molecule is COC(=O)[C@@H]1CCC[C@]23[C@@H]1CC[C@H]1[C@H](C)c4ccoc4[C@@H](O[C@@H]2C)[C@]13O. The molecule has 0 bridgehead atoms. The van der Waals surface area contributed by atoms with E-state index in [0.29, 0.717) is 0 Å². The first-order valence-corrected chi connectivity index (χ1v) is 9.99. The van der Waals surface area contributed by atoms with Gasteiger partial charge < -0.3 is 19.0 Å². The van der Waals surface area contributed by atoms with Crippen LogP contribution in [0.1, 0.15) is 69.3 Å². The van der Waals surface area contributed by atoms with Crippen molar-refractivity contribution in [1.29, 1.82) is 0 Å². The summed E-state index contributed by atoms with van der Waals surface area (Å²) in [6.45, 7) is 4.28. The van der Waals surface area contributed by atoms with E-state index in [1.165, 1.54) is 12.7 Å². The summed E-state index contributed by atoms with van der Waals surface area (Å²) in [5, 5.41) is 12.3. The van der Waals surface area contributed by atoms with Gasteiger partial charge in [0.25, 0.3) is 0 Å². The number of furan rings is 1. The average Bonchev–Trinajstić information content (AvgIpc) is 3.20. The van der Waals surface area contributed by atoms with Crippen LogP contribution in [0.3, 0.4) is 0 Å². The second-order valence-corrected chi connectivity index (χ2v) is 8.87. The minimum atomic E-state index is -0.980. The van der Waals surface area contributed by atoms with Crippen LogP contribution in [0.25, 0.3) is 0 Å². The Morgan fingerprint density at radius 1 is 1.27 bits per heavy atom. The summed E-state index contributed by atoms with van der Waals surface area (Å²) in [5.74, 6) is 0.992. The van der Waals surface area contributed by atoms with Crippen LogP contribution < -0.4 is 0 Å². The molecule has 0 radical (unpaired) electrons. The molecule has 4 aliphatic rings. The predicted molar refractivity (Wildman–Crippen MR) is 93.4 cm³/mol. The molecule has 1 saturated heterocycles. The maximum Gasteiger partial charge on any atom is 0.308 e. The number of fused-ring (bicyclic) bond motifs is 2. The third-order valence-electron chi connectivity index (χ3n) is 8.38. The molecule has 0 aromatic carbocycles. The molecule has 1 aromatic rings. The minimum absolute atomic E-state index is 0.105. The normalized spacial score (nSPS) is 49.1. The molecule has 5 rings (SSSR count). The van der Waals surface area contributed by atoms with Crippen molar-refractivity contribution in [2.75, 3.05) is 7.11 Å². The Hall–Kier alpha value is -1.33. The van der Waals surface area contributed by atoms with E-state index in [-0.39, 0.29) is 35.7 Å². The quantitative estimate of drug-likeness (QED) is 0.776. The van der Waals surface area contributed by atoms with E-state index in [2.05, 4.69) is 13.8 Å². The number of esters is 1. The Morgan fingerprint density at radius 2 is 2.04 bits per heavy atom. The van der Waals surface area contributed by atoms with E-state index in [0.717, 1.165) is 37.9 Å². The fourth-order valence-corrected chi connectivity index (χ4v) is 7.40. The van der Waals surface area contributed by atoms with Gasteiger partial charge in [-0.05, 0) is 62.0 Å². The highest BCUT2D eigenvalue weighted by Crippen LogP contribution is 2.72. The van der Waals surface area contributed by atoms with Crippen LogP contribution in [0, 0.1) is 23.2 Å². The molecule has 3 aliphatic carbocycles. The summed E-state index contributed by atoms with van der Waals surface area (Å²) < 4.78 is 17.4. The molecule has 1 N–H and O–H groups in total. The van der Waals surface area contributed by atoms with Crippen LogP contribution in [0.2, 0.25) is 0 Å². The second-order valence-electron chi connectivity index (χ2n) is 8.87. The smallest absolute Gasteiger partial charge is 0.308 e. The number of carbonyl (C=O) groups is 1. The highest BCUT2D eigenvalue weighted by Gasteiger charge is 2.76. The molecule has 1 aliphatic heterocycles. The van der Waals surface area contributed by atoms with Crippen molar-refractivity contribution in [2.24, 2.45) is 23.2 Å². The number of hydrogen-bond acceptors (Lipinski definition) is 5. The van der Waals surface area contributed by atoms with Gasteiger partial charge in [0.05, 0.1) is 25.4 Å². The van der Waals surface area contributed by atoms with E-state index in [1.54, 1.807) is 6.26 Å². The summed E-state index contributed by atoms with van der Waals surface area (Å²) in [6, 6.07) is 2.03. The van der Waals surface area contributed by atoms with Crippen LogP contribution in [-0.4, -0.2) is 29.9 Å². The van der Waals surface area contributed by atoms with Crippen LogP contribution in [0.4, 0.5) is 0 Å². The maximum atomic E-state index is 12.5. The van der Waals surface area contributed by atoms with Gasteiger partial charge in [-0.15, -0.1) is 0 Å². The van der Waals surface area contributed by atoms with Crippen LogP contribution in [0.5, 0.6) is 0 Å². The Bertz CT molecular complexity index is 741. The third-order valence-corrected chi connectivity index (χ3v) is 8.38. The van der Waals surface area contributed by atoms with Crippen molar-refractivity contribution < 1.29 is 23.8 Å². The highest BCUT2D eigenvalue weighted by molar-refractivity contribution is 5.73. The topological polar surface area (TPSA) is 68.9 Å². The van der Waals surface area contributed by atoms with Gasteiger partial charge in [0.1, 0.15) is 17.5 Å². The lowest BCUT2D eigenvalue weighted by atomic mass is 9.43. The van der Waals surface area contributed by atoms with E-state index in [9.17, 15) is 9.90 Å². The first-order valence-electron chi connectivity index (χ1n) is 9.99. The molecule has 8 atom stereocenters. The second kappa shape index (κ2) is 5.35. The lowest BCUT2D eigenvalue weighted by molar-refractivity contribution is -0.214. The van der Waals surface area contributed by atoms with Crippen molar-refractivity contribution in [3.05, 3.63) is 23.7 Å². The monoisotopic (exact) mass is 360 g/mol. The first kappa shape index (κ1) is 16.8. The molecule has 0 amide bonds. The lowest BCUT2D eigenvalue weighted by Gasteiger charge is -2.61. The van der Waals surface area contributed by atoms with Gasteiger partial charge >= 0.3 is 5.97 Å². The fraction of sp³-hybridized carbons (Fsp3) is 0.762. The summed E-state index contributed by atoms with van der Waals surface area (Å²) >= 11 is 0. The molecular formula is C21H28O5. The fourth-order valence-electron chi connectivity index (χ4n) is 7.40. The number of hydrogen-bond donors (Lipinski definition) is 1. The van der Waals surface area contributed by atoms with Crippen molar-refractivity contribution in [3.63, 3.8) is 0 Å². The van der Waals surface area contributed by atoms with Gasteiger partial charge in [0.15, 0.2) is 0 Å². The maximum absolute atomic E-state index is 12.5. The van der Waals surface area contributed by atoms with Crippen LogP contribution >= 0.6 is 0 Å². The van der Waals surface area contributed by atoms with Crippen LogP contribution in [0.15, 0.2) is 16.7 Å². The molecule has 5 nitrogen and oxygen atoms in total. The Labute approximate surface area is 154 Å². The molecule has 1 aromatic heterocycles. The molecule has 142 valence electrons. The molecule has 2 heterocycles. The zero-order chi connectivity index (χ0) is 18.3. The molecule has 26 heavy (non-hydrogen) atoms. The average molecular weight is 360 g/mol. The molecule has 0 unspecified atom stereocenters. The van der Waals surface area contributed by atoms with Gasteiger partial charge in [-0.2, -0.15) is 0 Å². The van der Waals surface area contributed by atoms with Crippen LogP contribution in [-0.2, 0) is 14.3 Å². The van der Waals surface area contributed by atoms with E-state index >= 15 is 0 Å². The largest absolute Gasteiger partial charge is 0.469 e. The van der Waals surface area contributed by atoms with Crippen molar-refractivity contribution in [3.8, 4) is 0 Å². The summed E-state index contributed by atoms with van der Waals surface area (Å²) in [4.78, 5) is 12.5. The number of rotatable bonds is 1. The van der Waals surface area contributed by atoms with E-state index < -0.39 is 17.1 Å². The van der Waals surface area contributed by atoms with Crippen molar-refractivity contribution in [1.82, 2.24) is 0 Å². The highest BCUT2D eigenvalue weighted by atomic mass is 16.5. The van der Waals surface area contributed by atoms with E-state index in [4.69, 9.17) is 13.9 Å². The van der Waals surface area contributed by atoms with Crippen molar-refractivity contribution >= 4 is 5.97 Å². The molecule has 2 saturated carbocycles. The van der Waals surface area contributed by atoms with Gasteiger partial charge in [0, 0.05) is 5.41 Å². The van der Waals surface area contributed by atoms with Gasteiger partial charge in [-0.1, -0.05) is 13.3 Å². The standard InChI is InChI=1S/C21H28O5/c1-11-13-8-10-25-17(13)18-21(23)15(11)6-7-16-14(19(22)24-3)5-4-9-20(16,21)12(2)26-18/h8,10-12,14-16,18,23H,4-7,9H2,1-3H3/t11-,12-,14-,15+,16-,18-,20-,21-/m1/s1. The molecule has 5 heteroatoms. The number of methoxy groups -OCH3 is 1. The zero-order valence-corrected chi connectivity index (χ0v) is 15.7. The van der Waals surface area contributed by atoms with Crippen molar-refractivity contribution in [2.45, 2.75) is 69.7 Å². The third kappa shape index (κ3) is 1.68. The summed E-state index contributed by atoms with van der Waals surface area (Å²) in [7, 11) is 1.47. The zero-order valence-electron chi connectivity index (χ0n) is 15.7. The Morgan fingerprint density at radius 3 is 2.81 bits per heavy atom. The summed E-state index contributed by atoms with van der Waals surface area (Å²) in [5.41, 5.74) is -0.212. The van der Waals surface area contributed by atoms with E-state index in [1.807, 2.05) is 6.07 Å². The number of ether oxygens (including phenoxy) is 2.